The van der Waals surface area contributed by atoms with Gasteiger partial charge in [0.25, 0.3) is 0 Å². The molecule has 2 heterocycles. The molecule has 1 aromatic heterocycles. The van der Waals surface area contributed by atoms with Crippen LogP contribution in [0.5, 0.6) is 11.5 Å². The topological polar surface area (TPSA) is 71.9 Å². The number of alkyl halides is 1. The standard InChI is InChI=1S/C27H28F4N2O4/c1-36-19-2-3-24-21(15-19)25(23(31)16-32-24)22(30)4-5-27(26(34)35)6-8-33(9-7-27)10-11-37-20-13-17(28)12-18(29)14-20/h2-3,12-16,22H,4-11H2,1H3,(H,34,35). The number of piperidine rings is 1. The lowest BCUT2D eigenvalue weighted by Crippen LogP contribution is -2.45. The Kier molecular flexibility index (Phi) is 8.16. The number of aromatic nitrogens is 1. The summed E-state index contributed by atoms with van der Waals surface area (Å²) in [6.45, 7) is 1.49. The van der Waals surface area contributed by atoms with E-state index in [9.17, 15) is 23.1 Å². The Bertz CT molecular complexity index is 1240. The van der Waals surface area contributed by atoms with Crippen LogP contribution in [-0.2, 0) is 4.79 Å². The summed E-state index contributed by atoms with van der Waals surface area (Å²) in [5, 5.41) is 10.3. The van der Waals surface area contributed by atoms with Crippen molar-refractivity contribution in [1.29, 1.82) is 0 Å². The van der Waals surface area contributed by atoms with Gasteiger partial charge < -0.3 is 14.6 Å². The van der Waals surface area contributed by atoms with E-state index in [-0.39, 0.29) is 43.6 Å². The van der Waals surface area contributed by atoms with Crippen molar-refractivity contribution in [1.82, 2.24) is 9.88 Å². The number of methoxy groups -OCH3 is 1. The molecule has 1 N–H and O–H groups in total. The van der Waals surface area contributed by atoms with Crippen molar-refractivity contribution in [2.75, 3.05) is 33.4 Å². The highest BCUT2D eigenvalue weighted by Crippen LogP contribution is 2.41. The first-order chi connectivity index (χ1) is 17.7. The van der Waals surface area contributed by atoms with Crippen LogP contribution in [0, 0.1) is 22.9 Å². The van der Waals surface area contributed by atoms with E-state index in [1.165, 1.54) is 13.2 Å². The lowest BCUT2D eigenvalue weighted by molar-refractivity contribution is -0.153. The van der Waals surface area contributed by atoms with Crippen molar-refractivity contribution in [3.05, 3.63) is 65.6 Å². The average molecular weight is 521 g/mol. The largest absolute Gasteiger partial charge is 0.497 e. The van der Waals surface area contributed by atoms with Gasteiger partial charge in [-0.1, -0.05) is 0 Å². The minimum absolute atomic E-state index is 0.0453. The van der Waals surface area contributed by atoms with E-state index in [1.54, 1.807) is 12.1 Å². The Balaban J connectivity index is 1.37. The summed E-state index contributed by atoms with van der Waals surface area (Å²) in [4.78, 5) is 18.2. The zero-order chi connectivity index (χ0) is 26.6. The maximum Gasteiger partial charge on any atom is 0.309 e. The number of aliphatic carboxylic acids is 1. The van der Waals surface area contributed by atoms with Crippen LogP contribution in [0.4, 0.5) is 17.6 Å². The second-order valence-corrected chi connectivity index (χ2v) is 9.29. The van der Waals surface area contributed by atoms with Gasteiger partial charge in [0, 0.05) is 35.7 Å². The molecule has 0 spiro atoms. The first kappa shape index (κ1) is 26.7. The van der Waals surface area contributed by atoms with Crippen LogP contribution < -0.4 is 9.47 Å². The molecule has 6 nitrogen and oxygen atoms in total. The monoisotopic (exact) mass is 520 g/mol. The zero-order valence-corrected chi connectivity index (χ0v) is 20.4. The highest BCUT2D eigenvalue weighted by atomic mass is 19.1. The first-order valence-electron chi connectivity index (χ1n) is 12.0. The fourth-order valence-electron chi connectivity index (χ4n) is 4.84. The maximum atomic E-state index is 15.4. The number of ether oxygens (including phenoxy) is 2. The summed E-state index contributed by atoms with van der Waals surface area (Å²) >= 11 is 0. The van der Waals surface area contributed by atoms with E-state index in [0.29, 0.717) is 36.3 Å². The van der Waals surface area contributed by atoms with Gasteiger partial charge in [-0.3, -0.25) is 14.7 Å². The van der Waals surface area contributed by atoms with Crippen molar-refractivity contribution in [3.8, 4) is 11.5 Å². The van der Waals surface area contributed by atoms with Crippen molar-refractivity contribution in [2.24, 2.45) is 5.41 Å². The zero-order valence-electron chi connectivity index (χ0n) is 20.4. The molecule has 10 heteroatoms. The second-order valence-electron chi connectivity index (χ2n) is 9.29. The van der Waals surface area contributed by atoms with Gasteiger partial charge in [0.2, 0.25) is 0 Å². The van der Waals surface area contributed by atoms with Crippen molar-refractivity contribution in [2.45, 2.75) is 31.9 Å². The third kappa shape index (κ3) is 6.12. The number of nitrogens with zero attached hydrogens (tertiary/aromatic N) is 2. The van der Waals surface area contributed by atoms with E-state index < -0.39 is 35.0 Å². The van der Waals surface area contributed by atoms with Crippen LogP contribution in [-0.4, -0.2) is 54.3 Å². The van der Waals surface area contributed by atoms with Gasteiger partial charge in [-0.25, -0.2) is 17.6 Å². The molecular formula is C27H28F4N2O4. The normalized spacial score (nSPS) is 16.5. The minimum atomic E-state index is -1.72. The molecule has 1 saturated heterocycles. The molecule has 0 amide bonds. The van der Waals surface area contributed by atoms with E-state index in [4.69, 9.17) is 9.47 Å². The number of hydrogen-bond donors (Lipinski definition) is 1. The molecule has 0 bridgehead atoms. The summed E-state index contributed by atoms with van der Waals surface area (Å²) in [5.74, 6) is -2.74. The maximum absolute atomic E-state index is 15.4. The predicted molar refractivity (Wildman–Crippen MR) is 129 cm³/mol. The smallest absolute Gasteiger partial charge is 0.309 e. The van der Waals surface area contributed by atoms with Gasteiger partial charge in [0.1, 0.15) is 41.7 Å². The summed E-state index contributed by atoms with van der Waals surface area (Å²) in [7, 11) is 1.46. The van der Waals surface area contributed by atoms with Crippen LogP contribution >= 0.6 is 0 Å². The highest BCUT2D eigenvalue weighted by molar-refractivity contribution is 5.84. The number of likely N-dealkylation sites (tertiary alicyclic amines) is 1. The van der Waals surface area contributed by atoms with Gasteiger partial charge >= 0.3 is 5.97 Å². The molecule has 1 unspecified atom stereocenters. The fraction of sp³-hybridized carbons (Fsp3) is 0.407. The van der Waals surface area contributed by atoms with E-state index in [1.807, 2.05) is 4.90 Å². The molecule has 198 valence electrons. The highest BCUT2D eigenvalue weighted by Gasteiger charge is 2.42. The molecule has 1 atom stereocenters. The lowest BCUT2D eigenvalue weighted by atomic mass is 9.74. The summed E-state index contributed by atoms with van der Waals surface area (Å²) in [5.41, 5.74) is -0.859. The Morgan fingerprint density at radius 1 is 1.11 bits per heavy atom. The van der Waals surface area contributed by atoms with Crippen molar-refractivity contribution in [3.63, 3.8) is 0 Å². The first-order valence-corrected chi connectivity index (χ1v) is 12.0. The predicted octanol–water partition coefficient (Wildman–Crippen LogP) is 5.70. The van der Waals surface area contributed by atoms with Gasteiger partial charge in [-0.2, -0.15) is 0 Å². The summed E-state index contributed by atoms with van der Waals surface area (Å²) in [6, 6.07) is 7.73. The second kappa shape index (κ2) is 11.3. The fourth-order valence-corrected chi connectivity index (χ4v) is 4.84. The summed E-state index contributed by atoms with van der Waals surface area (Å²) in [6.07, 6.45) is -0.277. The van der Waals surface area contributed by atoms with Gasteiger partial charge in [-0.15, -0.1) is 0 Å². The average Bonchev–Trinajstić information content (AvgIpc) is 2.87. The van der Waals surface area contributed by atoms with Crippen LogP contribution in [0.15, 0.2) is 42.6 Å². The van der Waals surface area contributed by atoms with Crippen molar-refractivity contribution < 1.29 is 36.9 Å². The molecule has 3 aromatic rings. The van der Waals surface area contributed by atoms with Crippen LogP contribution in [0.1, 0.15) is 37.4 Å². The SMILES string of the molecule is COc1ccc2ncc(F)c(C(F)CCC3(C(=O)O)CCN(CCOc4cc(F)cc(F)c4)CC3)c2c1. The molecule has 1 aliphatic heterocycles. The Labute approximate surface area is 211 Å². The molecule has 0 aliphatic carbocycles. The lowest BCUT2D eigenvalue weighted by Gasteiger charge is -2.39. The number of pyridine rings is 1. The number of benzene rings is 2. The summed E-state index contributed by atoms with van der Waals surface area (Å²) < 4.78 is 67.3. The number of rotatable bonds is 10. The van der Waals surface area contributed by atoms with Gasteiger partial charge in [0.15, 0.2) is 0 Å². The van der Waals surface area contributed by atoms with E-state index >= 15 is 4.39 Å². The molecule has 1 fully saturated rings. The molecule has 4 rings (SSSR count). The molecule has 0 radical (unpaired) electrons. The number of carbonyl (C=O) groups is 1. The number of carboxylic acid groups (broad SMARTS) is 1. The Morgan fingerprint density at radius 3 is 2.46 bits per heavy atom. The Morgan fingerprint density at radius 2 is 1.81 bits per heavy atom. The van der Waals surface area contributed by atoms with E-state index in [0.717, 1.165) is 24.4 Å². The molecule has 0 saturated carbocycles. The van der Waals surface area contributed by atoms with Crippen LogP contribution in [0.2, 0.25) is 0 Å². The quantitative estimate of drug-likeness (QED) is 0.346. The Hall–Kier alpha value is -3.40. The van der Waals surface area contributed by atoms with Crippen LogP contribution in [0.3, 0.4) is 0 Å². The van der Waals surface area contributed by atoms with Crippen LogP contribution in [0.25, 0.3) is 10.9 Å². The molecule has 37 heavy (non-hydrogen) atoms. The minimum Gasteiger partial charge on any atom is -0.497 e. The van der Waals surface area contributed by atoms with Crippen molar-refractivity contribution >= 4 is 16.9 Å². The van der Waals surface area contributed by atoms with Gasteiger partial charge in [0.05, 0.1) is 24.2 Å². The number of hydrogen-bond acceptors (Lipinski definition) is 5. The van der Waals surface area contributed by atoms with Gasteiger partial charge in [-0.05, 0) is 57.0 Å². The number of carboxylic acids is 1. The third-order valence-corrected chi connectivity index (χ3v) is 7.04. The molecule has 1 aliphatic rings. The molecular weight excluding hydrogens is 492 g/mol. The van der Waals surface area contributed by atoms with E-state index in [2.05, 4.69) is 4.98 Å². The third-order valence-electron chi connectivity index (χ3n) is 7.04. The number of fused-ring (bicyclic) bond motifs is 1. The number of halogens is 4. The molecule has 2 aromatic carbocycles.